The summed E-state index contributed by atoms with van der Waals surface area (Å²) in [7, 11) is 0. The molecule has 5 nitrogen and oxygen atoms in total. The summed E-state index contributed by atoms with van der Waals surface area (Å²) < 4.78 is 32.2. The number of halogens is 3. The zero-order valence-corrected chi connectivity index (χ0v) is 17.6. The van der Waals surface area contributed by atoms with Crippen molar-refractivity contribution in [2.75, 3.05) is 5.32 Å². The molecule has 0 heterocycles. The molecular weight excluding hydrogens is 455 g/mol. The fourth-order valence-corrected chi connectivity index (χ4v) is 2.79. The molecule has 26 heavy (non-hydrogen) atoms. The summed E-state index contributed by atoms with van der Waals surface area (Å²) in [4.78, 5) is 16.4. The monoisotopic (exact) mass is 481 g/mol. The van der Waals surface area contributed by atoms with E-state index in [2.05, 4.69) is 10.3 Å². The summed E-state index contributed by atoms with van der Waals surface area (Å²) in [6.45, 7) is 5.54. The molecule has 0 atom stereocenters. The molecule has 1 aliphatic rings. The van der Waals surface area contributed by atoms with Crippen LogP contribution >= 0.6 is 24.0 Å². The first kappa shape index (κ1) is 22.6. The predicted octanol–water partition coefficient (Wildman–Crippen LogP) is 4.21. The average molecular weight is 481 g/mol. The number of hydrogen-bond donors (Lipinski definition) is 2. The molecule has 2 rings (SSSR count). The van der Waals surface area contributed by atoms with Gasteiger partial charge in [-0.15, -0.1) is 24.0 Å². The second-order valence-electron chi connectivity index (χ2n) is 7.30. The Bertz CT molecular complexity index is 654. The van der Waals surface area contributed by atoms with Crippen LogP contribution in [-0.2, 0) is 9.53 Å². The van der Waals surface area contributed by atoms with Crippen LogP contribution in [0.2, 0.25) is 0 Å². The number of nitrogens with zero attached hydrogens (tertiary/aromatic N) is 1. The van der Waals surface area contributed by atoms with Crippen LogP contribution in [0.4, 0.5) is 14.5 Å². The van der Waals surface area contributed by atoms with E-state index in [1.165, 1.54) is 0 Å². The van der Waals surface area contributed by atoms with Gasteiger partial charge in [-0.05, 0) is 58.6 Å². The summed E-state index contributed by atoms with van der Waals surface area (Å²) >= 11 is 0. The number of anilines is 1. The first-order valence-electron chi connectivity index (χ1n) is 8.42. The molecule has 0 spiro atoms. The quantitative estimate of drug-likeness (QED) is 0.294. The fraction of sp³-hybridized carbons (Fsp3) is 0.556. The standard InChI is InChI=1S/C18H25F2N3O2.HI/c1-18(2,3)25-16(24)11-4-7-13(8-5-11)22-17(21)23-15-10-12(19)6-9-14(15)20;/h6,9-11,13H,4-5,7-8H2,1-3H3,(H3,21,22,23);1H. The molecule has 0 saturated heterocycles. The van der Waals surface area contributed by atoms with Crippen molar-refractivity contribution in [2.45, 2.75) is 58.1 Å². The smallest absolute Gasteiger partial charge is 0.309 e. The molecule has 3 N–H and O–H groups in total. The SMILES string of the molecule is CC(C)(C)OC(=O)C1CCC(N=C(N)Nc2cc(F)ccc2F)CC1.I. The Hall–Kier alpha value is -1.45. The van der Waals surface area contributed by atoms with Crippen molar-refractivity contribution >= 4 is 41.6 Å². The van der Waals surface area contributed by atoms with E-state index in [4.69, 9.17) is 10.5 Å². The second kappa shape index (κ2) is 9.48. The van der Waals surface area contributed by atoms with Crippen molar-refractivity contribution in [1.29, 1.82) is 0 Å². The maximum atomic E-state index is 13.6. The summed E-state index contributed by atoms with van der Waals surface area (Å²) in [5, 5.41) is 2.58. The van der Waals surface area contributed by atoms with Crippen LogP contribution in [0.15, 0.2) is 23.2 Å². The summed E-state index contributed by atoms with van der Waals surface area (Å²) in [6.07, 6.45) is 2.73. The van der Waals surface area contributed by atoms with Gasteiger partial charge in [-0.1, -0.05) is 0 Å². The van der Waals surface area contributed by atoms with Crippen LogP contribution in [-0.4, -0.2) is 23.6 Å². The van der Waals surface area contributed by atoms with Gasteiger partial charge < -0.3 is 15.8 Å². The van der Waals surface area contributed by atoms with E-state index in [0.717, 1.165) is 18.2 Å². The molecule has 1 aromatic carbocycles. The second-order valence-corrected chi connectivity index (χ2v) is 7.30. The number of nitrogens with two attached hydrogens (primary N) is 1. The molecular formula is C18H26F2IN3O2. The highest BCUT2D eigenvalue weighted by molar-refractivity contribution is 14.0. The van der Waals surface area contributed by atoms with Gasteiger partial charge in [0, 0.05) is 6.07 Å². The number of benzene rings is 1. The Morgan fingerprint density at radius 1 is 1.23 bits per heavy atom. The third-order valence-electron chi connectivity index (χ3n) is 3.95. The molecule has 0 bridgehead atoms. The van der Waals surface area contributed by atoms with Crippen molar-refractivity contribution in [2.24, 2.45) is 16.6 Å². The number of nitrogens with one attached hydrogen (secondary N) is 1. The van der Waals surface area contributed by atoms with Crippen LogP contribution in [0.1, 0.15) is 46.5 Å². The van der Waals surface area contributed by atoms with Crippen molar-refractivity contribution in [3.8, 4) is 0 Å². The zero-order valence-electron chi connectivity index (χ0n) is 15.2. The topological polar surface area (TPSA) is 76.7 Å². The highest BCUT2D eigenvalue weighted by Crippen LogP contribution is 2.28. The van der Waals surface area contributed by atoms with Gasteiger partial charge in [0.2, 0.25) is 0 Å². The number of carbonyl (C=O) groups excluding carboxylic acids is 1. The van der Waals surface area contributed by atoms with Gasteiger partial charge in [0.25, 0.3) is 0 Å². The van der Waals surface area contributed by atoms with Crippen molar-refractivity contribution in [3.05, 3.63) is 29.8 Å². The number of guanidine groups is 1. The summed E-state index contributed by atoms with van der Waals surface area (Å²) in [6, 6.07) is 3.03. The van der Waals surface area contributed by atoms with E-state index in [-0.39, 0.29) is 53.6 Å². The molecule has 0 aliphatic heterocycles. The summed E-state index contributed by atoms with van der Waals surface area (Å²) in [5.74, 6) is -1.43. The minimum Gasteiger partial charge on any atom is -0.460 e. The lowest BCUT2D eigenvalue weighted by molar-refractivity contribution is -0.161. The van der Waals surface area contributed by atoms with Gasteiger partial charge in [0.15, 0.2) is 5.96 Å². The van der Waals surface area contributed by atoms with E-state index < -0.39 is 17.2 Å². The number of ether oxygens (including phenoxy) is 1. The number of hydrogen-bond acceptors (Lipinski definition) is 3. The maximum Gasteiger partial charge on any atom is 0.309 e. The number of aliphatic imine (C=N–C) groups is 1. The molecule has 1 saturated carbocycles. The molecule has 0 radical (unpaired) electrons. The van der Waals surface area contributed by atoms with E-state index in [1.54, 1.807) is 0 Å². The highest BCUT2D eigenvalue weighted by Gasteiger charge is 2.29. The normalized spacial score (nSPS) is 20.9. The van der Waals surface area contributed by atoms with E-state index in [1.807, 2.05) is 20.8 Å². The Labute approximate surface area is 169 Å². The Kier molecular flexibility index (Phi) is 8.23. The first-order chi connectivity index (χ1) is 11.6. The predicted molar refractivity (Wildman–Crippen MR) is 109 cm³/mol. The number of rotatable bonds is 3. The van der Waals surface area contributed by atoms with E-state index in [9.17, 15) is 13.6 Å². The lowest BCUT2D eigenvalue weighted by Crippen LogP contribution is -2.32. The molecule has 1 aromatic rings. The minimum absolute atomic E-state index is 0. The third kappa shape index (κ3) is 7.05. The molecule has 8 heteroatoms. The lowest BCUT2D eigenvalue weighted by Gasteiger charge is -2.28. The van der Waals surface area contributed by atoms with Gasteiger partial charge in [0.1, 0.15) is 17.2 Å². The van der Waals surface area contributed by atoms with Gasteiger partial charge in [-0.25, -0.2) is 13.8 Å². The largest absolute Gasteiger partial charge is 0.460 e. The van der Waals surface area contributed by atoms with E-state index in [0.29, 0.717) is 25.7 Å². The van der Waals surface area contributed by atoms with Crippen LogP contribution in [0, 0.1) is 17.6 Å². The minimum atomic E-state index is -0.604. The van der Waals surface area contributed by atoms with Crippen LogP contribution in [0.3, 0.4) is 0 Å². The Balaban J connectivity index is 0.00000338. The first-order valence-corrected chi connectivity index (χ1v) is 8.42. The van der Waals surface area contributed by atoms with Crippen LogP contribution in [0.5, 0.6) is 0 Å². The van der Waals surface area contributed by atoms with Gasteiger partial charge in [-0.3, -0.25) is 4.79 Å². The van der Waals surface area contributed by atoms with Crippen molar-refractivity contribution in [1.82, 2.24) is 0 Å². The van der Waals surface area contributed by atoms with Crippen molar-refractivity contribution in [3.63, 3.8) is 0 Å². The maximum absolute atomic E-state index is 13.6. The van der Waals surface area contributed by atoms with Crippen molar-refractivity contribution < 1.29 is 18.3 Å². The lowest BCUT2D eigenvalue weighted by atomic mass is 9.86. The van der Waals surface area contributed by atoms with Gasteiger partial charge in [-0.2, -0.15) is 0 Å². The Morgan fingerprint density at radius 3 is 2.42 bits per heavy atom. The molecule has 0 amide bonds. The van der Waals surface area contributed by atoms with Gasteiger partial charge in [0.05, 0.1) is 17.6 Å². The molecule has 1 fully saturated rings. The Morgan fingerprint density at radius 2 is 1.85 bits per heavy atom. The van der Waals surface area contributed by atoms with Gasteiger partial charge >= 0.3 is 5.97 Å². The number of carbonyl (C=O) groups is 1. The van der Waals surface area contributed by atoms with E-state index >= 15 is 0 Å². The third-order valence-corrected chi connectivity index (χ3v) is 3.95. The summed E-state index contributed by atoms with van der Waals surface area (Å²) in [5.41, 5.74) is 5.25. The molecule has 0 unspecified atom stereocenters. The zero-order chi connectivity index (χ0) is 18.6. The fourth-order valence-electron chi connectivity index (χ4n) is 2.79. The molecule has 146 valence electrons. The van der Waals surface area contributed by atoms with Crippen LogP contribution < -0.4 is 11.1 Å². The van der Waals surface area contributed by atoms with Crippen LogP contribution in [0.25, 0.3) is 0 Å². The molecule has 0 aromatic heterocycles. The number of esters is 1. The average Bonchev–Trinajstić information content (AvgIpc) is 2.50. The molecule has 1 aliphatic carbocycles. The highest BCUT2D eigenvalue weighted by atomic mass is 127.